The molecule has 1 aliphatic rings. The summed E-state index contributed by atoms with van der Waals surface area (Å²) in [5.41, 5.74) is 1.33. The van der Waals surface area contributed by atoms with Crippen LogP contribution in [-0.4, -0.2) is 39.1 Å². The first-order chi connectivity index (χ1) is 14.6. The van der Waals surface area contributed by atoms with Crippen molar-refractivity contribution in [3.8, 4) is 10.4 Å². The van der Waals surface area contributed by atoms with Crippen molar-refractivity contribution in [3.05, 3.63) is 65.2 Å². The summed E-state index contributed by atoms with van der Waals surface area (Å²) >= 11 is 3.22. The molecule has 1 atom stereocenters. The van der Waals surface area contributed by atoms with E-state index in [0.29, 0.717) is 5.69 Å². The Morgan fingerprint density at radius 3 is 2.83 bits per heavy atom. The zero-order valence-corrected chi connectivity index (χ0v) is 18.5. The molecule has 0 spiro atoms. The number of halogens is 1. The van der Waals surface area contributed by atoms with E-state index in [1.54, 1.807) is 30.1 Å². The molecule has 0 N–H and O–H groups in total. The summed E-state index contributed by atoms with van der Waals surface area (Å²) in [5.74, 6) is 0.632. The van der Waals surface area contributed by atoms with Crippen molar-refractivity contribution < 1.29 is 9.18 Å². The number of piperidine rings is 1. The van der Waals surface area contributed by atoms with E-state index in [9.17, 15) is 9.18 Å². The molecule has 7 heteroatoms. The summed E-state index contributed by atoms with van der Waals surface area (Å²) < 4.78 is 13.4. The number of likely N-dealkylation sites (tertiary alicyclic amines) is 1. The first-order valence-electron chi connectivity index (χ1n) is 10.2. The van der Waals surface area contributed by atoms with E-state index in [0.717, 1.165) is 58.5 Å². The Labute approximate surface area is 184 Å². The maximum absolute atomic E-state index is 13.5. The van der Waals surface area contributed by atoms with E-state index in [-0.39, 0.29) is 17.8 Å². The number of hydrogen-bond donors (Lipinski definition) is 0. The summed E-state index contributed by atoms with van der Waals surface area (Å²) in [7, 11) is 0. The van der Waals surface area contributed by atoms with Crippen LogP contribution in [0.3, 0.4) is 0 Å². The van der Waals surface area contributed by atoms with Crippen molar-refractivity contribution in [2.75, 3.05) is 12.3 Å². The second kappa shape index (κ2) is 9.71. The standard InChI is InChI=1S/C23H24FN3OS2/c1-16-26-21(22(30-16)17-8-10-18(24)11-9-17)23(28)27-14-5-3-6-19(27)12-15-29-20-7-2-4-13-25-20/h2,4,7-11,13,19H,3,5-6,12,14-15H2,1H3. The van der Waals surface area contributed by atoms with Crippen LogP contribution in [-0.2, 0) is 0 Å². The number of aryl methyl sites for hydroxylation is 1. The summed E-state index contributed by atoms with van der Waals surface area (Å²) in [6.07, 6.45) is 5.92. The number of amides is 1. The molecule has 1 amide bonds. The van der Waals surface area contributed by atoms with Crippen molar-refractivity contribution in [1.82, 2.24) is 14.9 Å². The van der Waals surface area contributed by atoms with Gasteiger partial charge in [0, 0.05) is 24.5 Å². The summed E-state index contributed by atoms with van der Waals surface area (Å²) in [6, 6.07) is 12.4. The highest BCUT2D eigenvalue weighted by Crippen LogP contribution is 2.33. The van der Waals surface area contributed by atoms with Crippen LogP contribution in [0.2, 0.25) is 0 Å². The largest absolute Gasteiger partial charge is 0.334 e. The minimum Gasteiger partial charge on any atom is -0.334 e. The Bertz CT molecular complexity index is 991. The quantitative estimate of drug-likeness (QED) is 0.452. The highest BCUT2D eigenvalue weighted by molar-refractivity contribution is 7.99. The lowest BCUT2D eigenvalue weighted by Gasteiger charge is -2.35. The average molecular weight is 442 g/mol. The lowest BCUT2D eigenvalue weighted by atomic mass is 9.99. The fourth-order valence-corrected chi connectivity index (χ4v) is 5.63. The van der Waals surface area contributed by atoms with Crippen LogP contribution in [0.1, 0.15) is 41.2 Å². The van der Waals surface area contributed by atoms with Crippen LogP contribution in [0.4, 0.5) is 4.39 Å². The fraction of sp³-hybridized carbons (Fsp3) is 0.348. The van der Waals surface area contributed by atoms with Gasteiger partial charge in [0.05, 0.1) is 14.9 Å². The number of carbonyl (C=O) groups is 1. The van der Waals surface area contributed by atoms with Crippen molar-refractivity contribution in [2.24, 2.45) is 0 Å². The summed E-state index contributed by atoms with van der Waals surface area (Å²) in [5, 5.41) is 1.86. The number of thiazole rings is 1. The van der Waals surface area contributed by atoms with Crippen LogP contribution in [0.5, 0.6) is 0 Å². The average Bonchev–Trinajstić information content (AvgIpc) is 3.16. The van der Waals surface area contributed by atoms with Gasteiger partial charge in [0.1, 0.15) is 11.5 Å². The molecule has 0 radical (unpaired) electrons. The van der Waals surface area contributed by atoms with E-state index in [4.69, 9.17) is 0 Å². The Hall–Kier alpha value is -2.25. The normalized spacial score (nSPS) is 16.6. The van der Waals surface area contributed by atoms with Crippen molar-refractivity contribution in [3.63, 3.8) is 0 Å². The number of rotatable bonds is 6. The van der Waals surface area contributed by atoms with E-state index >= 15 is 0 Å². The molecular formula is C23H24FN3OS2. The van der Waals surface area contributed by atoms with E-state index in [1.807, 2.05) is 30.0 Å². The molecule has 30 heavy (non-hydrogen) atoms. The molecule has 0 aliphatic carbocycles. The maximum Gasteiger partial charge on any atom is 0.274 e. The zero-order valence-electron chi connectivity index (χ0n) is 16.9. The Balaban J connectivity index is 1.50. The molecule has 3 aromatic rings. The van der Waals surface area contributed by atoms with Gasteiger partial charge in [-0.2, -0.15) is 0 Å². The molecule has 1 saturated heterocycles. The number of benzene rings is 1. The molecular weight excluding hydrogens is 417 g/mol. The highest BCUT2D eigenvalue weighted by Gasteiger charge is 2.30. The minimum absolute atomic E-state index is 0.00814. The van der Waals surface area contributed by atoms with Crippen molar-refractivity contribution >= 4 is 29.0 Å². The summed E-state index contributed by atoms with van der Waals surface area (Å²) in [4.78, 5) is 25.3. The predicted octanol–water partition coefficient (Wildman–Crippen LogP) is 5.83. The van der Waals surface area contributed by atoms with E-state index < -0.39 is 0 Å². The number of nitrogens with zero attached hydrogens (tertiary/aromatic N) is 3. The molecule has 0 bridgehead atoms. The first-order valence-corrected chi connectivity index (χ1v) is 12.0. The lowest BCUT2D eigenvalue weighted by molar-refractivity contribution is 0.0605. The monoisotopic (exact) mass is 441 g/mol. The fourth-order valence-electron chi connectivity index (χ4n) is 3.81. The number of aromatic nitrogens is 2. The van der Waals surface area contributed by atoms with Gasteiger partial charge < -0.3 is 4.90 Å². The zero-order chi connectivity index (χ0) is 20.9. The van der Waals surface area contributed by atoms with Gasteiger partial charge in [-0.3, -0.25) is 4.79 Å². The Morgan fingerprint density at radius 1 is 1.23 bits per heavy atom. The molecule has 1 fully saturated rings. The molecule has 4 nitrogen and oxygen atoms in total. The molecule has 1 unspecified atom stereocenters. The van der Waals surface area contributed by atoms with Gasteiger partial charge in [0.15, 0.2) is 0 Å². The van der Waals surface area contributed by atoms with Gasteiger partial charge in [-0.15, -0.1) is 23.1 Å². The number of carbonyl (C=O) groups excluding carboxylic acids is 1. The van der Waals surface area contributed by atoms with Crippen LogP contribution in [0, 0.1) is 12.7 Å². The molecule has 0 saturated carbocycles. The van der Waals surface area contributed by atoms with Gasteiger partial charge in [0.25, 0.3) is 5.91 Å². The Kier molecular flexibility index (Phi) is 6.79. The van der Waals surface area contributed by atoms with Crippen LogP contribution < -0.4 is 0 Å². The third kappa shape index (κ3) is 4.90. The van der Waals surface area contributed by atoms with Crippen LogP contribution >= 0.6 is 23.1 Å². The van der Waals surface area contributed by atoms with Crippen molar-refractivity contribution in [1.29, 1.82) is 0 Å². The highest BCUT2D eigenvalue weighted by atomic mass is 32.2. The van der Waals surface area contributed by atoms with Gasteiger partial charge in [-0.25, -0.2) is 14.4 Å². The maximum atomic E-state index is 13.5. The van der Waals surface area contributed by atoms with E-state index in [1.165, 1.54) is 23.5 Å². The van der Waals surface area contributed by atoms with Crippen LogP contribution in [0.15, 0.2) is 53.7 Å². The number of pyridine rings is 1. The number of thioether (sulfide) groups is 1. The second-order valence-electron chi connectivity index (χ2n) is 7.37. The van der Waals surface area contributed by atoms with Gasteiger partial charge in [-0.1, -0.05) is 18.2 Å². The predicted molar refractivity (Wildman–Crippen MR) is 120 cm³/mol. The third-order valence-electron chi connectivity index (χ3n) is 5.27. The topological polar surface area (TPSA) is 46.1 Å². The summed E-state index contributed by atoms with van der Waals surface area (Å²) in [6.45, 7) is 2.67. The van der Waals surface area contributed by atoms with Gasteiger partial charge >= 0.3 is 0 Å². The van der Waals surface area contributed by atoms with Crippen LogP contribution in [0.25, 0.3) is 10.4 Å². The van der Waals surface area contributed by atoms with Gasteiger partial charge in [-0.05, 0) is 62.4 Å². The first kappa shape index (κ1) is 21.0. The minimum atomic E-state index is -0.283. The lowest BCUT2D eigenvalue weighted by Crippen LogP contribution is -2.44. The molecule has 4 rings (SSSR count). The van der Waals surface area contributed by atoms with Crippen molar-refractivity contribution in [2.45, 2.75) is 43.7 Å². The number of hydrogen-bond acceptors (Lipinski definition) is 5. The molecule has 156 valence electrons. The van der Waals surface area contributed by atoms with Gasteiger partial charge in [0.2, 0.25) is 0 Å². The SMILES string of the molecule is Cc1nc(C(=O)N2CCCCC2CCSc2ccccn2)c(-c2ccc(F)cc2)s1. The Morgan fingerprint density at radius 2 is 2.07 bits per heavy atom. The molecule has 1 aliphatic heterocycles. The molecule has 1 aromatic carbocycles. The smallest absolute Gasteiger partial charge is 0.274 e. The molecule has 2 aromatic heterocycles. The third-order valence-corrected chi connectivity index (χ3v) is 7.27. The molecule has 3 heterocycles. The second-order valence-corrected chi connectivity index (χ2v) is 9.69. The van der Waals surface area contributed by atoms with E-state index in [2.05, 4.69) is 9.97 Å².